The minimum atomic E-state index is -1.21. The standard InChI is InChI=1S/C22H21ClF2N6O2.2ClH/c1-12(31(2)3)27-14-6-4-5-13(7-14)11-26-22(33)19-10-20(30-29-19)28-21(32)15-8-17(24)18(25)9-16(15)23;;/h4-10H,11H2,1-3H3,(H,26,33)(H2,28,29,30,32);2*1H. The van der Waals surface area contributed by atoms with Gasteiger partial charge in [0.15, 0.2) is 17.5 Å². The van der Waals surface area contributed by atoms with Gasteiger partial charge >= 0.3 is 0 Å². The summed E-state index contributed by atoms with van der Waals surface area (Å²) in [4.78, 5) is 31.1. The fraction of sp³-hybridized carbons (Fsp3) is 0.182. The number of carbonyl (C=O) groups is 2. The molecule has 3 N–H and O–H groups in total. The molecule has 0 bridgehead atoms. The van der Waals surface area contributed by atoms with Gasteiger partial charge in [-0.15, -0.1) is 24.8 Å². The van der Waals surface area contributed by atoms with Crippen LogP contribution in [0, 0.1) is 11.6 Å². The number of amidine groups is 1. The number of amides is 2. The van der Waals surface area contributed by atoms with Gasteiger partial charge in [0.25, 0.3) is 11.8 Å². The van der Waals surface area contributed by atoms with E-state index in [1.807, 2.05) is 50.2 Å². The minimum Gasteiger partial charge on any atom is -0.366 e. The second-order valence-corrected chi connectivity index (χ2v) is 7.68. The fourth-order valence-corrected chi connectivity index (χ4v) is 2.92. The predicted octanol–water partition coefficient (Wildman–Crippen LogP) is 4.98. The van der Waals surface area contributed by atoms with Crippen molar-refractivity contribution in [2.75, 3.05) is 19.4 Å². The lowest BCUT2D eigenvalue weighted by Crippen LogP contribution is -2.23. The van der Waals surface area contributed by atoms with Crippen LogP contribution in [-0.2, 0) is 6.54 Å². The van der Waals surface area contributed by atoms with Crippen molar-refractivity contribution in [3.63, 3.8) is 0 Å². The highest BCUT2D eigenvalue weighted by Gasteiger charge is 2.17. The van der Waals surface area contributed by atoms with Crippen LogP contribution in [0.4, 0.5) is 20.3 Å². The van der Waals surface area contributed by atoms with Crippen LogP contribution in [0.15, 0.2) is 47.5 Å². The fourth-order valence-electron chi connectivity index (χ4n) is 2.68. The van der Waals surface area contributed by atoms with Crippen LogP contribution < -0.4 is 10.6 Å². The number of hydrogen-bond donors (Lipinski definition) is 3. The number of nitrogens with zero attached hydrogens (tertiary/aromatic N) is 3. The Morgan fingerprint density at radius 1 is 1.09 bits per heavy atom. The molecule has 3 rings (SSSR count). The Morgan fingerprint density at radius 2 is 1.77 bits per heavy atom. The van der Waals surface area contributed by atoms with Crippen molar-refractivity contribution in [1.82, 2.24) is 20.4 Å². The van der Waals surface area contributed by atoms with Crippen molar-refractivity contribution in [2.45, 2.75) is 13.5 Å². The number of halogens is 5. The number of aromatic nitrogens is 2. The highest BCUT2D eigenvalue weighted by atomic mass is 35.5. The summed E-state index contributed by atoms with van der Waals surface area (Å²) < 4.78 is 26.6. The first-order chi connectivity index (χ1) is 15.6. The first kappa shape index (κ1) is 29.8. The van der Waals surface area contributed by atoms with Gasteiger partial charge in [-0.25, -0.2) is 13.8 Å². The number of benzene rings is 2. The van der Waals surface area contributed by atoms with Crippen LogP contribution in [0.25, 0.3) is 0 Å². The van der Waals surface area contributed by atoms with Gasteiger partial charge in [-0.1, -0.05) is 23.7 Å². The summed E-state index contributed by atoms with van der Waals surface area (Å²) in [5.41, 5.74) is 1.43. The maximum atomic E-state index is 13.4. The van der Waals surface area contributed by atoms with Crippen molar-refractivity contribution < 1.29 is 18.4 Å². The number of aliphatic imine (C=N–C) groups is 1. The van der Waals surface area contributed by atoms with Gasteiger partial charge in [0.2, 0.25) is 0 Å². The molecular formula is C22H23Cl3F2N6O2. The number of anilines is 1. The summed E-state index contributed by atoms with van der Waals surface area (Å²) in [5, 5.41) is 11.2. The Bertz CT molecular complexity index is 1230. The molecule has 8 nitrogen and oxygen atoms in total. The van der Waals surface area contributed by atoms with E-state index in [0.717, 1.165) is 17.1 Å². The smallest absolute Gasteiger partial charge is 0.269 e. The summed E-state index contributed by atoms with van der Waals surface area (Å²) in [6, 6.07) is 10.1. The second kappa shape index (κ2) is 13.0. The topological polar surface area (TPSA) is 102 Å². The van der Waals surface area contributed by atoms with E-state index >= 15 is 0 Å². The summed E-state index contributed by atoms with van der Waals surface area (Å²) in [6.45, 7) is 2.14. The molecule has 0 saturated carbocycles. The number of hydrogen-bond acceptors (Lipinski definition) is 4. The number of H-pyrrole nitrogens is 1. The van der Waals surface area contributed by atoms with E-state index in [1.54, 1.807) is 0 Å². The molecule has 0 aliphatic heterocycles. The Morgan fingerprint density at radius 3 is 2.46 bits per heavy atom. The van der Waals surface area contributed by atoms with Crippen LogP contribution in [0.3, 0.4) is 0 Å². The van der Waals surface area contributed by atoms with Gasteiger partial charge in [-0.3, -0.25) is 14.7 Å². The Balaban J connectivity index is 0.00000306. The maximum Gasteiger partial charge on any atom is 0.269 e. The molecular weight excluding hydrogens is 525 g/mol. The molecule has 3 aromatic rings. The van der Waals surface area contributed by atoms with Crippen molar-refractivity contribution in [2.24, 2.45) is 4.99 Å². The van der Waals surface area contributed by atoms with Crippen molar-refractivity contribution in [3.05, 3.63) is 75.9 Å². The Labute approximate surface area is 218 Å². The third-order valence-corrected chi connectivity index (χ3v) is 4.93. The number of nitrogens with one attached hydrogen (secondary N) is 3. The van der Waals surface area contributed by atoms with Crippen LogP contribution in [0.5, 0.6) is 0 Å². The van der Waals surface area contributed by atoms with E-state index in [2.05, 4.69) is 25.8 Å². The number of rotatable bonds is 6. The van der Waals surface area contributed by atoms with Gasteiger partial charge in [-0.2, -0.15) is 5.10 Å². The molecule has 0 aliphatic rings. The lowest BCUT2D eigenvalue weighted by atomic mass is 10.2. The van der Waals surface area contributed by atoms with Crippen LogP contribution >= 0.6 is 36.4 Å². The first-order valence-corrected chi connectivity index (χ1v) is 10.1. The molecule has 0 saturated heterocycles. The third-order valence-electron chi connectivity index (χ3n) is 4.62. The Kier molecular flexibility index (Phi) is 11.1. The molecule has 188 valence electrons. The largest absolute Gasteiger partial charge is 0.366 e. The minimum absolute atomic E-state index is 0. The summed E-state index contributed by atoms with van der Waals surface area (Å²) >= 11 is 5.80. The maximum absolute atomic E-state index is 13.4. The number of carbonyl (C=O) groups excluding carboxylic acids is 2. The molecule has 0 fully saturated rings. The SMILES string of the molecule is CC(=Nc1cccc(CNC(=O)c2cc(NC(=O)c3cc(F)c(F)cc3Cl)n[nH]2)c1)N(C)C.Cl.Cl. The molecule has 2 amide bonds. The van der Waals surface area contributed by atoms with Crippen LogP contribution in [-0.4, -0.2) is 46.8 Å². The van der Waals surface area contributed by atoms with Gasteiger partial charge in [0.05, 0.1) is 16.3 Å². The zero-order valence-corrected chi connectivity index (χ0v) is 21.2. The molecule has 0 unspecified atom stereocenters. The van der Waals surface area contributed by atoms with Gasteiger partial charge in [0, 0.05) is 26.7 Å². The quantitative estimate of drug-likeness (QED) is 0.230. The molecule has 0 radical (unpaired) electrons. The normalized spacial score (nSPS) is 10.6. The van der Waals surface area contributed by atoms with Crippen LogP contribution in [0.1, 0.15) is 33.3 Å². The van der Waals surface area contributed by atoms with Crippen molar-refractivity contribution in [1.29, 1.82) is 0 Å². The van der Waals surface area contributed by atoms with E-state index in [1.165, 1.54) is 6.07 Å². The highest BCUT2D eigenvalue weighted by Crippen LogP contribution is 2.21. The van der Waals surface area contributed by atoms with Crippen molar-refractivity contribution in [3.8, 4) is 0 Å². The molecule has 13 heteroatoms. The van der Waals surface area contributed by atoms with E-state index < -0.39 is 23.4 Å². The average molecular weight is 548 g/mol. The van der Waals surface area contributed by atoms with Gasteiger partial charge < -0.3 is 15.5 Å². The molecule has 0 atom stereocenters. The van der Waals surface area contributed by atoms with Crippen molar-refractivity contribution >= 4 is 65.6 Å². The summed E-state index contributed by atoms with van der Waals surface area (Å²) in [7, 11) is 3.80. The molecule has 0 spiro atoms. The average Bonchev–Trinajstić information content (AvgIpc) is 3.23. The summed E-state index contributed by atoms with van der Waals surface area (Å²) in [5.74, 6) is -2.77. The van der Waals surface area contributed by atoms with Gasteiger partial charge in [-0.05, 0) is 36.8 Å². The van der Waals surface area contributed by atoms with E-state index in [0.29, 0.717) is 12.1 Å². The van der Waals surface area contributed by atoms with E-state index in [9.17, 15) is 18.4 Å². The third kappa shape index (κ3) is 7.91. The molecule has 35 heavy (non-hydrogen) atoms. The highest BCUT2D eigenvalue weighted by molar-refractivity contribution is 6.34. The molecule has 1 aromatic heterocycles. The molecule has 1 heterocycles. The number of aromatic amines is 1. The lowest BCUT2D eigenvalue weighted by Gasteiger charge is -2.11. The van der Waals surface area contributed by atoms with E-state index in [4.69, 9.17) is 11.6 Å². The predicted molar refractivity (Wildman–Crippen MR) is 136 cm³/mol. The van der Waals surface area contributed by atoms with Crippen LogP contribution in [0.2, 0.25) is 5.02 Å². The monoisotopic (exact) mass is 546 g/mol. The zero-order chi connectivity index (χ0) is 24.1. The molecule has 0 aliphatic carbocycles. The van der Waals surface area contributed by atoms with E-state index in [-0.39, 0.29) is 53.5 Å². The summed E-state index contributed by atoms with van der Waals surface area (Å²) in [6.07, 6.45) is 0. The van der Waals surface area contributed by atoms with Gasteiger partial charge in [0.1, 0.15) is 11.5 Å². The zero-order valence-electron chi connectivity index (χ0n) is 18.9. The first-order valence-electron chi connectivity index (χ1n) is 9.75. The Hall–Kier alpha value is -3.21. The molecule has 2 aromatic carbocycles. The second-order valence-electron chi connectivity index (χ2n) is 7.27. The lowest BCUT2D eigenvalue weighted by molar-refractivity contribution is 0.0945.